The molecule has 0 fully saturated rings. The average molecular weight is 801 g/mol. The van der Waals surface area contributed by atoms with Gasteiger partial charge < -0.3 is 18.9 Å². The quantitative estimate of drug-likeness (QED) is 0.0214. The van der Waals surface area contributed by atoms with Gasteiger partial charge in [0.2, 0.25) is 0 Å². The van der Waals surface area contributed by atoms with Gasteiger partial charge in [0, 0.05) is 12.8 Å². The molecule has 0 saturated carbocycles. The van der Waals surface area contributed by atoms with Gasteiger partial charge in [0.15, 0.2) is 6.10 Å². The highest BCUT2D eigenvalue weighted by molar-refractivity contribution is 7.47. The molecule has 0 aromatic heterocycles. The van der Waals surface area contributed by atoms with Crippen molar-refractivity contribution in [1.29, 1.82) is 0 Å². The fourth-order valence-corrected chi connectivity index (χ4v) is 6.90. The Balaban J connectivity index is 4.34. The Bertz CT molecular complexity index is 996. The Morgan fingerprint density at radius 1 is 0.564 bits per heavy atom. The largest absolute Gasteiger partial charge is 0.472 e. The first-order chi connectivity index (χ1) is 26.5. The Hall–Kier alpha value is -1.51. The van der Waals surface area contributed by atoms with Gasteiger partial charge in [-0.15, -0.1) is 0 Å². The standard InChI is InChI=1S/C45H86NO8P/c1-6-8-10-12-14-16-18-20-22-24-25-27-29-31-33-35-37-44(47)51-41-43(42-53-55(49,50)52-40-39-46(3,4)5)54-45(48)38-36-34-32-30-28-26-23-21-19-17-15-13-11-9-7-2/h15,17,21,23,43H,6-14,16,18-20,22,24-42H2,1-5H3/p+1/b17-15-,23-21-. The van der Waals surface area contributed by atoms with Crippen LogP contribution in [0.2, 0.25) is 0 Å². The lowest BCUT2D eigenvalue weighted by Crippen LogP contribution is -2.37. The molecule has 0 rings (SSSR count). The number of carbonyl (C=O) groups excluding carboxylic acids is 2. The third kappa shape index (κ3) is 41.9. The molecule has 0 saturated heterocycles. The predicted octanol–water partition coefficient (Wildman–Crippen LogP) is 12.7. The summed E-state index contributed by atoms with van der Waals surface area (Å²) in [5, 5.41) is 0. The molecular weight excluding hydrogens is 713 g/mol. The highest BCUT2D eigenvalue weighted by atomic mass is 31.2. The summed E-state index contributed by atoms with van der Waals surface area (Å²) in [7, 11) is 1.47. The molecule has 0 aromatic carbocycles. The first kappa shape index (κ1) is 53.5. The fourth-order valence-electron chi connectivity index (χ4n) is 6.16. The molecule has 0 radical (unpaired) electrons. The Morgan fingerprint density at radius 2 is 0.982 bits per heavy atom. The van der Waals surface area contributed by atoms with Crippen LogP contribution in [0.1, 0.15) is 200 Å². The number of rotatable bonds is 41. The summed E-state index contributed by atoms with van der Waals surface area (Å²) in [6, 6.07) is 0. The van der Waals surface area contributed by atoms with Gasteiger partial charge in [-0.05, 0) is 44.9 Å². The molecule has 0 aromatic rings. The highest BCUT2D eigenvalue weighted by Gasteiger charge is 2.27. The minimum atomic E-state index is -4.37. The van der Waals surface area contributed by atoms with E-state index >= 15 is 0 Å². The maximum Gasteiger partial charge on any atom is 0.472 e. The van der Waals surface area contributed by atoms with E-state index in [1.807, 2.05) is 21.1 Å². The second-order valence-corrected chi connectivity index (χ2v) is 17.9. The monoisotopic (exact) mass is 801 g/mol. The molecule has 0 aliphatic carbocycles. The van der Waals surface area contributed by atoms with Crippen LogP contribution in [0, 0.1) is 0 Å². The molecule has 2 atom stereocenters. The number of quaternary nitrogens is 1. The van der Waals surface area contributed by atoms with E-state index in [2.05, 4.69) is 38.2 Å². The van der Waals surface area contributed by atoms with Crippen LogP contribution in [0.4, 0.5) is 0 Å². The highest BCUT2D eigenvalue weighted by Crippen LogP contribution is 2.43. The molecule has 0 spiro atoms. The van der Waals surface area contributed by atoms with E-state index in [4.69, 9.17) is 18.5 Å². The number of ether oxygens (including phenoxy) is 2. The van der Waals surface area contributed by atoms with E-state index in [0.717, 1.165) is 57.8 Å². The maximum atomic E-state index is 12.7. The lowest BCUT2D eigenvalue weighted by atomic mass is 10.0. The summed E-state index contributed by atoms with van der Waals surface area (Å²) >= 11 is 0. The van der Waals surface area contributed by atoms with Crippen molar-refractivity contribution in [3.8, 4) is 0 Å². The van der Waals surface area contributed by atoms with Crippen LogP contribution in [0.5, 0.6) is 0 Å². The molecule has 2 unspecified atom stereocenters. The van der Waals surface area contributed by atoms with Crippen LogP contribution in [0.15, 0.2) is 24.3 Å². The minimum absolute atomic E-state index is 0.0306. The van der Waals surface area contributed by atoms with Gasteiger partial charge in [0.1, 0.15) is 19.8 Å². The van der Waals surface area contributed by atoms with Gasteiger partial charge in [-0.3, -0.25) is 18.6 Å². The molecule has 0 heterocycles. The van der Waals surface area contributed by atoms with Gasteiger partial charge in [-0.1, -0.05) is 167 Å². The summed E-state index contributed by atoms with van der Waals surface area (Å²) in [6.45, 7) is 4.40. The van der Waals surface area contributed by atoms with Crippen LogP contribution in [0.3, 0.4) is 0 Å². The van der Waals surface area contributed by atoms with Crippen molar-refractivity contribution in [3.63, 3.8) is 0 Å². The summed E-state index contributed by atoms with van der Waals surface area (Å²) in [4.78, 5) is 35.4. The molecule has 9 nitrogen and oxygen atoms in total. The average Bonchev–Trinajstić information content (AvgIpc) is 3.13. The minimum Gasteiger partial charge on any atom is -0.462 e. The van der Waals surface area contributed by atoms with Crippen molar-refractivity contribution in [3.05, 3.63) is 24.3 Å². The zero-order valence-electron chi connectivity index (χ0n) is 36.4. The third-order valence-corrected chi connectivity index (χ3v) is 10.7. The number of phosphoric ester groups is 1. The number of hydrogen-bond donors (Lipinski definition) is 1. The number of nitrogens with zero attached hydrogens (tertiary/aromatic N) is 1. The van der Waals surface area contributed by atoms with E-state index in [1.165, 1.54) is 109 Å². The number of phosphoric acid groups is 1. The Kier molecular flexibility index (Phi) is 37.0. The molecule has 0 aliphatic rings. The number of allylic oxidation sites excluding steroid dienone is 4. The van der Waals surface area contributed by atoms with Crippen molar-refractivity contribution >= 4 is 19.8 Å². The normalized spacial score (nSPS) is 13.8. The van der Waals surface area contributed by atoms with E-state index < -0.39 is 26.5 Å². The van der Waals surface area contributed by atoms with Crippen molar-refractivity contribution in [2.24, 2.45) is 0 Å². The number of esters is 2. The predicted molar refractivity (Wildman–Crippen MR) is 229 cm³/mol. The third-order valence-electron chi connectivity index (χ3n) is 9.73. The molecule has 0 aliphatic heterocycles. The fraction of sp³-hybridized carbons (Fsp3) is 0.867. The van der Waals surface area contributed by atoms with E-state index in [0.29, 0.717) is 23.9 Å². The summed E-state index contributed by atoms with van der Waals surface area (Å²) < 4.78 is 34.3. The number of carbonyl (C=O) groups is 2. The van der Waals surface area contributed by atoms with Gasteiger partial charge >= 0.3 is 19.8 Å². The second kappa shape index (κ2) is 38.0. The molecule has 324 valence electrons. The van der Waals surface area contributed by atoms with Crippen LogP contribution >= 0.6 is 7.82 Å². The lowest BCUT2D eigenvalue weighted by Gasteiger charge is -2.24. The van der Waals surface area contributed by atoms with Crippen LogP contribution in [-0.2, 0) is 32.7 Å². The first-order valence-electron chi connectivity index (χ1n) is 22.6. The van der Waals surface area contributed by atoms with Crippen molar-refractivity contribution in [1.82, 2.24) is 0 Å². The lowest BCUT2D eigenvalue weighted by molar-refractivity contribution is -0.870. The first-order valence-corrected chi connectivity index (χ1v) is 24.1. The molecule has 1 N–H and O–H groups in total. The van der Waals surface area contributed by atoms with Crippen LogP contribution in [0.25, 0.3) is 0 Å². The van der Waals surface area contributed by atoms with Gasteiger partial charge in [0.05, 0.1) is 27.7 Å². The zero-order chi connectivity index (χ0) is 40.7. The zero-order valence-corrected chi connectivity index (χ0v) is 37.3. The van der Waals surface area contributed by atoms with Crippen molar-refractivity contribution in [2.75, 3.05) is 47.5 Å². The topological polar surface area (TPSA) is 108 Å². The van der Waals surface area contributed by atoms with Crippen LogP contribution in [-0.4, -0.2) is 74.9 Å². The summed E-state index contributed by atoms with van der Waals surface area (Å²) in [5.74, 6) is -0.807. The van der Waals surface area contributed by atoms with E-state index in [-0.39, 0.29) is 25.6 Å². The van der Waals surface area contributed by atoms with Crippen molar-refractivity contribution < 1.29 is 42.1 Å². The summed E-state index contributed by atoms with van der Waals surface area (Å²) in [5.41, 5.74) is 0. The molecule has 55 heavy (non-hydrogen) atoms. The Labute approximate surface area is 339 Å². The Morgan fingerprint density at radius 3 is 1.47 bits per heavy atom. The van der Waals surface area contributed by atoms with Crippen molar-refractivity contribution in [2.45, 2.75) is 206 Å². The smallest absolute Gasteiger partial charge is 0.462 e. The van der Waals surface area contributed by atoms with E-state index in [1.54, 1.807) is 0 Å². The SMILES string of the molecule is CCCCC/C=C\C/C=C\CCCCCCCC(=O)OC(COC(=O)CCCCCCCCCCCCCCCCCC)COP(=O)(O)OCC[N+](C)(C)C. The second-order valence-electron chi connectivity index (χ2n) is 16.4. The van der Waals surface area contributed by atoms with Gasteiger partial charge in [-0.2, -0.15) is 0 Å². The van der Waals surface area contributed by atoms with E-state index in [9.17, 15) is 19.0 Å². The van der Waals surface area contributed by atoms with Gasteiger partial charge in [0.25, 0.3) is 0 Å². The number of hydrogen-bond acceptors (Lipinski definition) is 7. The molecule has 10 heteroatoms. The van der Waals surface area contributed by atoms with Gasteiger partial charge in [-0.25, -0.2) is 4.57 Å². The summed E-state index contributed by atoms with van der Waals surface area (Å²) in [6.07, 6.45) is 40.7. The number of unbranched alkanes of at least 4 members (excludes halogenated alkanes) is 23. The maximum absolute atomic E-state index is 12.7. The number of likely N-dealkylation sites (N-methyl/N-ethyl adjacent to an activating group) is 1. The molecule has 0 amide bonds. The molecule has 0 bridgehead atoms. The molecular formula is C45H87NO8P+. The van der Waals surface area contributed by atoms with Crippen LogP contribution < -0.4 is 0 Å².